The van der Waals surface area contributed by atoms with Gasteiger partial charge in [0, 0.05) is 24.3 Å². The predicted octanol–water partition coefficient (Wildman–Crippen LogP) is 1.60. The van der Waals surface area contributed by atoms with E-state index in [9.17, 15) is 9.59 Å². The van der Waals surface area contributed by atoms with E-state index in [1.54, 1.807) is 13.8 Å². The largest absolute Gasteiger partial charge is 0.356 e. The molecule has 130 valence electrons. The summed E-state index contributed by atoms with van der Waals surface area (Å²) in [6, 6.07) is 0. The maximum atomic E-state index is 12.0. The normalized spacial score (nSPS) is 10.9. The van der Waals surface area contributed by atoms with E-state index in [2.05, 4.69) is 20.4 Å². The first-order valence-corrected chi connectivity index (χ1v) is 8.20. The van der Waals surface area contributed by atoms with Gasteiger partial charge in [0.1, 0.15) is 5.82 Å². The van der Waals surface area contributed by atoms with Crippen LogP contribution in [-0.2, 0) is 17.8 Å². The molecule has 0 aliphatic carbocycles. The second kappa shape index (κ2) is 7.61. The van der Waals surface area contributed by atoms with Crippen LogP contribution in [0.3, 0.4) is 0 Å². The Kier molecular flexibility index (Phi) is 5.77. The molecule has 0 spiro atoms. The Morgan fingerprint density at radius 2 is 1.96 bits per heavy atom. The van der Waals surface area contributed by atoms with Gasteiger partial charge in [0.2, 0.25) is 5.91 Å². The molecule has 2 aromatic rings. The van der Waals surface area contributed by atoms with Crippen molar-refractivity contribution >= 4 is 17.5 Å². The summed E-state index contributed by atoms with van der Waals surface area (Å²) >= 11 is 6.10. The van der Waals surface area contributed by atoms with E-state index in [0.29, 0.717) is 35.2 Å². The third kappa shape index (κ3) is 4.23. The van der Waals surface area contributed by atoms with Gasteiger partial charge in [0.05, 0.1) is 22.8 Å². The van der Waals surface area contributed by atoms with Gasteiger partial charge in [-0.15, -0.1) is 0 Å². The summed E-state index contributed by atoms with van der Waals surface area (Å²) < 4.78 is 1.84. The number of amides is 1. The number of H-pyrrole nitrogens is 1. The topological polar surface area (TPSA) is 92.7 Å². The molecule has 0 unspecified atom stereocenters. The quantitative estimate of drug-likeness (QED) is 0.773. The van der Waals surface area contributed by atoms with Crippen molar-refractivity contribution in [2.75, 3.05) is 6.54 Å². The van der Waals surface area contributed by atoms with Crippen LogP contribution in [-0.4, -0.2) is 32.2 Å². The number of aromatic amines is 1. The molecule has 0 radical (unpaired) electrons. The lowest BCUT2D eigenvalue weighted by Gasteiger charge is -2.08. The Balaban J connectivity index is 1.84. The first kappa shape index (κ1) is 18.2. The zero-order valence-corrected chi connectivity index (χ0v) is 15.1. The fraction of sp³-hybridized carbons (Fsp3) is 0.500. The van der Waals surface area contributed by atoms with Gasteiger partial charge in [0.25, 0.3) is 5.56 Å². The third-order valence-electron chi connectivity index (χ3n) is 3.84. The highest BCUT2D eigenvalue weighted by Gasteiger charge is 2.12. The van der Waals surface area contributed by atoms with E-state index >= 15 is 0 Å². The van der Waals surface area contributed by atoms with Crippen molar-refractivity contribution in [1.29, 1.82) is 0 Å². The van der Waals surface area contributed by atoms with E-state index in [4.69, 9.17) is 11.6 Å². The van der Waals surface area contributed by atoms with Gasteiger partial charge in [-0.05, 0) is 34.1 Å². The Bertz CT molecular complexity index is 810. The number of halogens is 1. The van der Waals surface area contributed by atoms with Crippen LogP contribution < -0.4 is 10.9 Å². The highest BCUT2D eigenvalue weighted by Crippen LogP contribution is 2.18. The summed E-state index contributed by atoms with van der Waals surface area (Å²) in [5, 5.41) is 7.84. The van der Waals surface area contributed by atoms with Crippen LogP contribution in [0.2, 0.25) is 5.02 Å². The van der Waals surface area contributed by atoms with Crippen LogP contribution in [0, 0.1) is 27.7 Å². The molecule has 2 aromatic heterocycles. The van der Waals surface area contributed by atoms with Gasteiger partial charge in [0.15, 0.2) is 0 Å². The molecule has 7 nitrogen and oxygen atoms in total. The number of aryl methyl sites for hydroxylation is 4. The van der Waals surface area contributed by atoms with E-state index in [1.165, 1.54) is 0 Å². The molecular weight excluding hydrogens is 330 g/mol. The average Bonchev–Trinajstić information content (AvgIpc) is 2.74. The summed E-state index contributed by atoms with van der Waals surface area (Å²) in [5.41, 5.74) is 2.47. The number of nitrogens with one attached hydrogen (secondary N) is 2. The minimum absolute atomic E-state index is 0.0280. The number of nitrogens with zero attached hydrogens (tertiary/aromatic N) is 3. The van der Waals surface area contributed by atoms with Crippen molar-refractivity contribution in [3.05, 3.63) is 43.8 Å². The van der Waals surface area contributed by atoms with Crippen molar-refractivity contribution < 1.29 is 4.79 Å². The van der Waals surface area contributed by atoms with E-state index in [0.717, 1.165) is 17.8 Å². The number of hydrogen-bond donors (Lipinski definition) is 2. The zero-order chi connectivity index (χ0) is 17.9. The van der Waals surface area contributed by atoms with Crippen LogP contribution >= 0.6 is 11.6 Å². The third-order valence-corrected chi connectivity index (χ3v) is 4.39. The summed E-state index contributed by atoms with van der Waals surface area (Å²) in [7, 11) is 0. The van der Waals surface area contributed by atoms with Crippen LogP contribution in [0.1, 0.15) is 34.9 Å². The van der Waals surface area contributed by atoms with Gasteiger partial charge in [-0.1, -0.05) is 11.6 Å². The second-order valence-electron chi connectivity index (χ2n) is 5.80. The van der Waals surface area contributed by atoms with E-state index in [-0.39, 0.29) is 17.9 Å². The molecule has 24 heavy (non-hydrogen) atoms. The van der Waals surface area contributed by atoms with Crippen LogP contribution in [0.25, 0.3) is 0 Å². The first-order chi connectivity index (χ1) is 11.3. The van der Waals surface area contributed by atoms with Crippen molar-refractivity contribution in [2.24, 2.45) is 0 Å². The van der Waals surface area contributed by atoms with Gasteiger partial charge < -0.3 is 10.3 Å². The monoisotopic (exact) mass is 351 g/mol. The highest BCUT2D eigenvalue weighted by molar-refractivity contribution is 6.31. The lowest BCUT2D eigenvalue weighted by Crippen LogP contribution is -2.30. The molecule has 8 heteroatoms. The van der Waals surface area contributed by atoms with Crippen molar-refractivity contribution in [3.8, 4) is 0 Å². The van der Waals surface area contributed by atoms with E-state index < -0.39 is 0 Å². The van der Waals surface area contributed by atoms with E-state index in [1.807, 2.05) is 18.5 Å². The summed E-state index contributed by atoms with van der Waals surface area (Å²) in [6.45, 7) is 8.40. The molecule has 0 saturated heterocycles. The standard InChI is InChI=1S/C16H22ClN5O2/c1-9-13(16(24)20-12(4)19-9)8-14(23)18-6-5-7-22-11(3)15(17)10(2)21-22/h5-8H2,1-4H3,(H,18,23)(H,19,20,24). The maximum Gasteiger partial charge on any atom is 0.254 e. The first-order valence-electron chi connectivity index (χ1n) is 7.82. The molecule has 2 rings (SSSR count). The molecule has 0 fully saturated rings. The number of aromatic nitrogens is 4. The fourth-order valence-electron chi connectivity index (χ4n) is 2.53. The zero-order valence-electron chi connectivity index (χ0n) is 14.4. The summed E-state index contributed by atoms with van der Waals surface area (Å²) in [5.74, 6) is 0.353. The van der Waals surface area contributed by atoms with Gasteiger partial charge in [-0.3, -0.25) is 14.3 Å². The Morgan fingerprint density at radius 1 is 1.25 bits per heavy atom. The van der Waals surface area contributed by atoms with Gasteiger partial charge in [-0.25, -0.2) is 4.98 Å². The van der Waals surface area contributed by atoms with Crippen molar-refractivity contribution in [3.63, 3.8) is 0 Å². The second-order valence-corrected chi connectivity index (χ2v) is 6.18. The Labute approximate surface area is 145 Å². The molecular formula is C16H22ClN5O2. The minimum Gasteiger partial charge on any atom is -0.356 e. The molecule has 0 bridgehead atoms. The molecule has 0 aliphatic rings. The van der Waals surface area contributed by atoms with Crippen LogP contribution in [0.4, 0.5) is 0 Å². The SMILES string of the molecule is Cc1nc(C)c(CC(=O)NCCCn2nc(C)c(Cl)c2C)c(=O)[nH]1. The fourth-order valence-corrected chi connectivity index (χ4v) is 2.67. The molecule has 0 aromatic carbocycles. The van der Waals surface area contributed by atoms with Crippen molar-refractivity contribution in [1.82, 2.24) is 25.1 Å². The molecule has 0 atom stereocenters. The number of hydrogen-bond acceptors (Lipinski definition) is 4. The molecule has 2 N–H and O–H groups in total. The number of carbonyl (C=O) groups is 1. The lowest BCUT2D eigenvalue weighted by molar-refractivity contribution is -0.120. The summed E-state index contributed by atoms with van der Waals surface area (Å²) in [6.07, 6.45) is 0.756. The lowest BCUT2D eigenvalue weighted by atomic mass is 10.1. The average molecular weight is 352 g/mol. The molecule has 0 saturated carbocycles. The number of carbonyl (C=O) groups excluding carboxylic acids is 1. The van der Waals surface area contributed by atoms with Gasteiger partial charge >= 0.3 is 0 Å². The summed E-state index contributed by atoms with van der Waals surface area (Å²) in [4.78, 5) is 30.7. The Morgan fingerprint density at radius 3 is 2.54 bits per heavy atom. The minimum atomic E-state index is -0.257. The highest BCUT2D eigenvalue weighted by atomic mass is 35.5. The molecule has 1 amide bonds. The van der Waals surface area contributed by atoms with Gasteiger partial charge in [-0.2, -0.15) is 5.10 Å². The predicted molar refractivity (Wildman–Crippen MR) is 92.4 cm³/mol. The van der Waals surface area contributed by atoms with Crippen molar-refractivity contribution in [2.45, 2.75) is 47.1 Å². The Hall–Kier alpha value is -2.15. The number of rotatable bonds is 6. The van der Waals surface area contributed by atoms with Crippen LogP contribution in [0.5, 0.6) is 0 Å². The molecule has 0 aliphatic heterocycles. The molecule has 2 heterocycles. The smallest absolute Gasteiger partial charge is 0.254 e. The maximum absolute atomic E-state index is 12.0. The van der Waals surface area contributed by atoms with Crippen LogP contribution in [0.15, 0.2) is 4.79 Å².